The summed E-state index contributed by atoms with van der Waals surface area (Å²) >= 11 is 0. The van der Waals surface area contributed by atoms with Gasteiger partial charge in [0.1, 0.15) is 11.8 Å². The van der Waals surface area contributed by atoms with Gasteiger partial charge in [-0.25, -0.2) is 4.39 Å². The predicted molar refractivity (Wildman–Crippen MR) is 122 cm³/mol. The molecule has 2 fully saturated rings. The number of hydrogen-bond donors (Lipinski definition) is 0. The Morgan fingerprint density at radius 2 is 2.03 bits per heavy atom. The lowest BCUT2D eigenvalue weighted by Crippen LogP contribution is -2.53. The van der Waals surface area contributed by atoms with E-state index in [1.807, 2.05) is 63.3 Å². The highest BCUT2D eigenvalue weighted by Gasteiger charge is 2.65. The van der Waals surface area contributed by atoms with Gasteiger partial charge in [-0.2, -0.15) is 5.26 Å². The Kier molecular flexibility index (Phi) is 5.67. The minimum atomic E-state index is -1.46. The van der Waals surface area contributed by atoms with Crippen molar-refractivity contribution in [2.24, 2.45) is 23.2 Å². The van der Waals surface area contributed by atoms with E-state index in [-0.39, 0.29) is 36.2 Å². The molecule has 0 spiro atoms. The number of ether oxygens (including phenoxy) is 1. The van der Waals surface area contributed by atoms with E-state index in [0.717, 1.165) is 16.8 Å². The van der Waals surface area contributed by atoms with E-state index in [0.29, 0.717) is 12.0 Å². The highest BCUT2D eigenvalue weighted by atomic mass is 19.1. The van der Waals surface area contributed by atoms with Crippen LogP contribution in [0.15, 0.2) is 48.7 Å². The first-order valence-electron chi connectivity index (χ1n) is 11.3. The molecule has 1 aliphatic carbocycles. The van der Waals surface area contributed by atoms with Crippen LogP contribution < -0.4 is 0 Å². The summed E-state index contributed by atoms with van der Waals surface area (Å²) in [7, 11) is 0. The summed E-state index contributed by atoms with van der Waals surface area (Å²) in [5, 5.41) is 9.34. The zero-order valence-electron chi connectivity index (χ0n) is 19.0. The number of cyclic esters (lactones) is 1. The number of esters is 1. The lowest BCUT2D eigenvalue weighted by molar-refractivity contribution is -0.153. The number of nitrogens with zero attached hydrogens (tertiary/aromatic N) is 2. The maximum atomic E-state index is 15.6. The molecular weight excluding hydrogens is 403 g/mol. The van der Waals surface area contributed by atoms with Crippen LogP contribution in [0.5, 0.6) is 0 Å². The number of pyridine rings is 1. The predicted octanol–water partition coefficient (Wildman–Crippen LogP) is 5.98. The van der Waals surface area contributed by atoms with Gasteiger partial charge in [0, 0.05) is 23.2 Å². The third kappa shape index (κ3) is 3.52. The SMILES string of the molecule is CC[C@@]12CC(C)(F)[C@@H](C)[C@H](/C=C/c3ccc(-c4ccccc4C#N)cn3)[C@@H]1[C@@H](C)OC2=O. The third-order valence-electron chi connectivity index (χ3n) is 7.71. The van der Waals surface area contributed by atoms with Crippen molar-refractivity contribution in [1.29, 1.82) is 5.26 Å². The number of allylic oxidation sites excluding steroid dienone is 1. The van der Waals surface area contributed by atoms with Gasteiger partial charge in [-0.1, -0.05) is 44.2 Å². The fourth-order valence-corrected chi connectivity index (χ4v) is 5.80. The molecule has 1 aromatic heterocycles. The summed E-state index contributed by atoms with van der Waals surface area (Å²) in [6, 6.07) is 13.5. The van der Waals surface area contributed by atoms with E-state index < -0.39 is 11.1 Å². The van der Waals surface area contributed by atoms with Crippen molar-refractivity contribution in [3.8, 4) is 17.2 Å². The Hall–Kier alpha value is -3.00. The molecule has 2 aliphatic rings. The second kappa shape index (κ2) is 8.16. The summed E-state index contributed by atoms with van der Waals surface area (Å²) in [5.74, 6) is -0.703. The molecule has 0 N–H and O–H groups in total. The zero-order chi connectivity index (χ0) is 23.1. The number of carbonyl (C=O) groups is 1. The monoisotopic (exact) mass is 432 g/mol. The second-order valence-electron chi connectivity index (χ2n) is 9.46. The molecule has 1 saturated heterocycles. The molecule has 4 rings (SSSR count). The Balaban J connectivity index is 1.64. The minimum absolute atomic E-state index is 0.0585. The van der Waals surface area contributed by atoms with Crippen molar-refractivity contribution in [3.63, 3.8) is 0 Å². The lowest BCUT2D eigenvalue weighted by Gasteiger charge is -2.49. The van der Waals surface area contributed by atoms with Crippen LogP contribution in [0.25, 0.3) is 17.2 Å². The first kappa shape index (κ1) is 22.2. The third-order valence-corrected chi connectivity index (χ3v) is 7.71. The van der Waals surface area contributed by atoms with Gasteiger partial charge in [-0.15, -0.1) is 0 Å². The molecule has 2 aromatic rings. The number of benzene rings is 1. The first-order chi connectivity index (χ1) is 15.2. The first-order valence-corrected chi connectivity index (χ1v) is 11.3. The van der Waals surface area contributed by atoms with Crippen LogP contribution in [-0.4, -0.2) is 22.7 Å². The normalized spacial score (nSPS) is 34.2. The van der Waals surface area contributed by atoms with Crippen molar-refractivity contribution in [3.05, 3.63) is 59.9 Å². The molecular formula is C27H29FN2O2. The van der Waals surface area contributed by atoms with E-state index in [1.54, 1.807) is 19.2 Å². The standard InChI is InChI=1S/C27H29FN2O2/c1-5-27-16-26(4,28)17(2)22(24(27)18(3)32-25(27)31)13-12-21-11-10-20(15-30-21)23-9-7-6-8-19(23)14-29/h6-13,15,17-18,22,24H,5,16H2,1-4H3/b13-12+/t17-,18+,22-,24-,26?,27+/m0/s1. The molecule has 1 saturated carbocycles. The number of carbonyl (C=O) groups excluding carboxylic acids is 1. The zero-order valence-corrected chi connectivity index (χ0v) is 19.0. The van der Waals surface area contributed by atoms with Gasteiger partial charge in [0.25, 0.3) is 0 Å². The number of fused-ring (bicyclic) bond motifs is 1. The summed E-state index contributed by atoms with van der Waals surface area (Å²) < 4.78 is 21.3. The van der Waals surface area contributed by atoms with E-state index in [4.69, 9.17) is 4.74 Å². The maximum absolute atomic E-state index is 15.6. The molecule has 0 radical (unpaired) electrons. The highest BCUT2D eigenvalue weighted by Crippen LogP contribution is 2.60. The van der Waals surface area contributed by atoms with Gasteiger partial charge in [0.2, 0.25) is 0 Å². The number of nitriles is 1. The number of rotatable bonds is 4. The summed E-state index contributed by atoms with van der Waals surface area (Å²) in [4.78, 5) is 17.3. The molecule has 6 atom stereocenters. The fourth-order valence-electron chi connectivity index (χ4n) is 5.80. The molecule has 4 nitrogen and oxygen atoms in total. The van der Waals surface area contributed by atoms with Crippen molar-refractivity contribution < 1.29 is 13.9 Å². The lowest BCUT2D eigenvalue weighted by atomic mass is 9.53. The molecule has 1 aliphatic heterocycles. The molecule has 1 unspecified atom stereocenters. The highest BCUT2D eigenvalue weighted by molar-refractivity contribution is 5.80. The number of aromatic nitrogens is 1. The molecule has 0 bridgehead atoms. The Morgan fingerprint density at radius 3 is 2.69 bits per heavy atom. The molecule has 166 valence electrons. The van der Waals surface area contributed by atoms with Gasteiger partial charge in [-0.05, 0) is 56.7 Å². The summed E-state index contributed by atoms with van der Waals surface area (Å²) in [5.41, 5.74) is 0.838. The molecule has 1 aromatic carbocycles. The second-order valence-corrected chi connectivity index (χ2v) is 9.46. The number of hydrogen-bond acceptors (Lipinski definition) is 4. The topological polar surface area (TPSA) is 63.0 Å². The van der Waals surface area contributed by atoms with Crippen LogP contribution in [-0.2, 0) is 9.53 Å². The smallest absolute Gasteiger partial charge is 0.312 e. The van der Waals surface area contributed by atoms with Crippen LogP contribution in [0.1, 0.15) is 51.8 Å². The Bertz CT molecular complexity index is 1090. The minimum Gasteiger partial charge on any atom is -0.462 e. The average Bonchev–Trinajstić information content (AvgIpc) is 3.03. The van der Waals surface area contributed by atoms with Crippen LogP contribution in [0, 0.1) is 34.5 Å². The molecule has 5 heteroatoms. The number of alkyl halides is 1. The van der Waals surface area contributed by atoms with Crippen molar-refractivity contribution in [2.75, 3.05) is 0 Å². The Morgan fingerprint density at radius 1 is 1.28 bits per heavy atom. The fraction of sp³-hybridized carbons (Fsp3) is 0.444. The van der Waals surface area contributed by atoms with Gasteiger partial charge >= 0.3 is 5.97 Å². The van der Waals surface area contributed by atoms with Crippen molar-refractivity contribution >= 4 is 12.0 Å². The van der Waals surface area contributed by atoms with Crippen molar-refractivity contribution in [2.45, 2.75) is 52.3 Å². The van der Waals surface area contributed by atoms with Crippen LogP contribution in [0.3, 0.4) is 0 Å². The molecule has 0 amide bonds. The van der Waals surface area contributed by atoms with Gasteiger partial charge in [0.15, 0.2) is 0 Å². The summed E-state index contributed by atoms with van der Waals surface area (Å²) in [6.07, 6.45) is 6.22. The van der Waals surface area contributed by atoms with Gasteiger partial charge in [0.05, 0.1) is 22.7 Å². The maximum Gasteiger partial charge on any atom is 0.312 e. The average molecular weight is 433 g/mol. The summed E-state index contributed by atoms with van der Waals surface area (Å²) in [6.45, 7) is 7.42. The number of halogens is 1. The van der Waals surface area contributed by atoms with E-state index in [1.165, 1.54) is 0 Å². The van der Waals surface area contributed by atoms with Crippen LogP contribution >= 0.6 is 0 Å². The van der Waals surface area contributed by atoms with Gasteiger partial charge in [-0.3, -0.25) is 9.78 Å². The van der Waals surface area contributed by atoms with E-state index in [9.17, 15) is 10.1 Å². The van der Waals surface area contributed by atoms with Crippen LogP contribution in [0.4, 0.5) is 4.39 Å². The van der Waals surface area contributed by atoms with Crippen molar-refractivity contribution in [1.82, 2.24) is 4.98 Å². The molecule has 2 heterocycles. The largest absolute Gasteiger partial charge is 0.462 e. The van der Waals surface area contributed by atoms with Crippen LogP contribution in [0.2, 0.25) is 0 Å². The quantitative estimate of drug-likeness (QED) is 0.558. The van der Waals surface area contributed by atoms with Gasteiger partial charge < -0.3 is 4.74 Å². The van der Waals surface area contributed by atoms with E-state index >= 15 is 4.39 Å². The van der Waals surface area contributed by atoms with E-state index in [2.05, 4.69) is 11.1 Å². The molecule has 32 heavy (non-hydrogen) atoms. The Labute approximate surface area is 189 Å².